The summed E-state index contributed by atoms with van der Waals surface area (Å²) in [5.41, 5.74) is 5.54. The summed E-state index contributed by atoms with van der Waals surface area (Å²) in [6, 6.07) is 5.12. The van der Waals surface area contributed by atoms with Crippen LogP contribution in [0.4, 0.5) is 20.5 Å². The molecule has 2 rings (SSSR count). The number of nitrogens with one attached hydrogen (secondary N) is 1. The quantitative estimate of drug-likeness (QED) is 0.881. The first-order chi connectivity index (χ1) is 9.60. The number of hydrogen-bond acceptors (Lipinski definition) is 5. The predicted molar refractivity (Wildman–Crippen MR) is 71.7 cm³/mol. The minimum absolute atomic E-state index is 0.0158. The Bertz CT molecular complexity index is 607. The third kappa shape index (κ3) is 3.31. The van der Waals surface area contributed by atoms with Crippen molar-refractivity contribution >= 4 is 11.8 Å². The molecule has 0 fully saturated rings. The first kappa shape index (κ1) is 14.0. The summed E-state index contributed by atoms with van der Waals surface area (Å²) in [7, 11) is 0. The van der Waals surface area contributed by atoms with E-state index in [0.717, 1.165) is 12.5 Å². The van der Waals surface area contributed by atoms with Gasteiger partial charge < -0.3 is 15.8 Å². The lowest BCUT2D eigenvalue weighted by Crippen LogP contribution is -2.06. The van der Waals surface area contributed by atoms with Gasteiger partial charge in [0.1, 0.15) is 5.82 Å². The van der Waals surface area contributed by atoms with Crippen molar-refractivity contribution in [1.82, 2.24) is 9.97 Å². The molecule has 2 aromatic rings. The maximum Gasteiger partial charge on any atom is 0.226 e. The van der Waals surface area contributed by atoms with E-state index >= 15 is 0 Å². The van der Waals surface area contributed by atoms with Crippen LogP contribution < -0.4 is 15.8 Å². The standard InChI is InChI=1S/C13H14F2N4O/c1-2-6-17-10-7-11(19-13(16)18-10)20-9-5-3-4-8(14)12(9)15/h3-5,7H,2,6H2,1H3,(H3,16,17,18,19). The minimum Gasteiger partial charge on any atom is -0.436 e. The molecule has 1 aromatic heterocycles. The zero-order valence-corrected chi connectivity index (χ0v) is 10.9. The van der Waals surface area contributed by atoms with Crippen LogP contribution in [0.1, 0.15) is 13.3 Å². The molecule has 0 amide bonds. The Morgan fingerprint density at radius 2 is 2.10 bits per heavy atom. The van der Waals surface area contributed by atoms with Gasteiger partial charge in [-0.1, -0.05) is 13.0 Å². The van der Waals surface area contributed by atoms with Crippen LogP contribution in [0.3, 0.4) is 0 Å². The zero-order valence-electron chi connectivity index (χ0n) is 10.9. The van der Waals surface area contributed by atoms with Crippen molar-refractivity contribution < 1.29 is 13.5 Å². The van der Waals surface area contributed by atoms with Crippen LogP contribution in [0.25, 0.3) is 0 Å². The fourth-order valence-electron chi connectivity index (χ4n) is 1.51. The highest BCUT2D eigenvalue weighted by atomic mass is 19.2. The Kier molecular flexibility index (Phi) is 4.29. The highest BCUT2D eigenvalue weighted by Crippen LogP contribution is 2.26. The van der Waals surface area contributed by atoms with Gasteiger partial charge in [0.25, 0.3) is 0 Å². The Balaban J connectivity index is 2.24. The molecule has 0 saturated carbocycles. The lowest BCUT2D eigenvalue weighted by Gasteiger charge is -2.09. The maximum absolute atomic E-state index is 13.5. The molecule has 0 saturated heterocycles. The third-order valence-corrected chi connectivity index (χ3v) is 2.41. The summed E-state index contributed by atoms with van der Waals surface area (Å²) in [5, 5.41) is 3.01. The van der Waals surface area contributed by atoms with E-state index in [1.807, 2.05) is 6.92 Å². The summed E-state index contributed by atoms with van der Waals surface area (Å²) in [6.07, 6.45) is 0.901. The van der Waals surface area contributed by atoms with Gasteiger partial charge in [-0.15, -0.1) is 0 Å². The van der Waals surface area contributed by atoms with Crippen LogP contribution in [-0.4, -0.2) is 16.5 Å². The largest absolute Gasteiger partial charge is 0.436 e. The molecule has 0 aliphatic carbocycles. The fraction of sp³-hybridized carbons (Fsp3) is 0.231. The summed E-state index contributed by atoms with van der Waals surface area (Å²) >= 11 is 0. The smallest absolute Gasteiger partial charge is 0.226 e. The molecule has 1 heterocycles. The van der Waals surface area contributed by atoms with Crippen LogP contribution in [0.2, 0.25) is 0 Å². The molecule has 20 heavy (non-hydrogen) atoms. The second-order valence-corrected chi connectivity index (χ2v) is 4.03. The van der Waals surface area contributed by atoms with Crippen LogP contribution in [0.5, 0.6) is 11.6 Å². The van der Waals surface area contributed by atoms with Crippen molar-refractivity contribution in [3.8, 4) is 11.6 Å². The maximum atomic E-state index is 13.5. The molecule has 106 valence electrons. The Hall–Kier alpha value is -2.44. The molecule has 3 N–H and O–H groups in total. The second kappa shape index (κ2) is 6.14. The summed E-state index contributed by atoms with van der Waals surface area (Å²) in [4.78, 5) is 7.78. The highest BCUT2D eigenvalue weighted by Gasteiger charge is 2.11. The van der Waals surface area contributed by atoms with Crippen molar-refractivity contribution in [2.24, 2.45) is 0 Å². The van der Waals surface area contributed by atoms with Crippen molar-refractivity contribution in [3.63, 3.8) is 0 Å². The lowest BCUT2D eigenvalue weighted by atomic mass is 10.3. The van der Waals surface area contributed by atoms with Gasteiger partial charge >= 0.3 is 0 Å². The lowest BCUT2D eigenvalue weighted by molar-refractivity contribution is 0.405. The fourth-order valence-corrected chi connectivity index (χ4v) is 1.51. The molecule has 0 aliphatic rings. The van der Waals surface area contributed by atoms with E-state index in [1.165, 1.54) is 18.2 Å². The van der Waals surface area contributed by atoms with E-state index in [1.54, 1.807) is 0 Å². The SMILES string of the molecule is CCCNc1cc(Oc2cccc(F)c2F)nc(N)n1. The molecular weight excluding hydrogens is 266 g/mol. The summed E-state index contributed by atoms with van der Waals surface area (Å²) < 4.78 is 31.8. The number of ether oxygens (including phenoxy) is 1. The van der Waals surface area contributed by atoms with Crippen LogP contribution >= 0.6 is 0 Å². The van der Waals surface area contributed by atoms with Gasteiger partial charge in [-0.2, -0.15) is 14.4 Å². The van der Waals surface area contributed by atoms with Crippen molar-refractivity contribution in [3.05, 3.63) is 35.9 Å². The molecule has 0 atom stereocenters. The van der Waals surface area contributed by atoms with E-state index in [9.17, 15) is 8.78 Å². The number of aromatic nitrogens is 2. The third-order valence-electron chi connectivity index (χ3n) is 2.41. The molecule has 0 aliphatic heterocycles. The Morgan fingerprint density at radius 3 is 2.85 bits per heavy atom. The molecule has 0 unspecified atom stereocenters. The van der Waals surface area contributed by atoms with Crippen LogP contribution in [0, 0.1) is 11.6 Å². The first-order valence-corrected chi connectivity index (χ1v) is 6.10. The molecule has 0 radical (unpaired) electrons. The Morgan fingerprint density at radius 1 is 1.30 bits per heavy atom. The van der Waals surface area contributed by atoms with E-state index in [2.05, 4.69) is 15.3 Å². The summed E-state index contributed by atoms with van der Waals surface area (Å²) in [6.45, 7) is 2.70. The number of benzene rings is 1. The van der Waals surface area contributed by atoms with E-state index in [4.69, 9.17) is 10.5 Å². The van der Waals surface area contributed by atoms with Gasteiger partial charge in [0, 0.05) is 12.6 Å². The monoisotopic (exact) mass is 280 g/mol. The molecule has 0 spiro atoms. The highest BCUT2D eigenvalue weighted by molar-refractivity contribution is 5.44. The van der Waals surface area contributed by atoms with E-state index < -0.39 is 11.6 Å². The van der Waals surface area contributed by atoms with Crippen LogP contribution in [0.15, 0.2) is 24.3 Å². The van der Waals surface area contributed by atoms with Gasteiger partial charge in [-0.25, -0.2) is 4.39 Å². The number of hydrogen-bond donors (Lipinski definition) is 2. The van der Waals surface area contributed by atoms with Gasteiger partial charge in [-0.3, -0.25) is 0 Å². The average molecular weight is 280 g/mol. The van der Waals surface area contributed by atoms with Crippen molar-refractivity contribution in [1.29, 1.82) is 0 Å². The van der Waals surface area contributed by atoms with Crippen molar-refractivity contribution in [2.45, 2.75) is 13.3 Å². The minimum atomic E-state index is -1.08. The van der Waals surface area contributed by atoms with Gasteiger partial charge in [-0.05, 0) is 18.6 Å². The number of nitrogens with two attached hydrogens (primary N) is 1. The number of nitrogen functional groups attached to an aromatic ring is 1. The second-order valence-electron chi connectivity index (χ2n) is 4.03. The molecular formula is C13H14F2N4O. The topological polar surface area (TPSA) is 73.1 Å². The first-order valence-electron chi connectivity index (χ1n) is 6.10. The zero-order chi connectivity index (χ0) is 14.5. The molecule has 7 heteroatoms. The van der Waals surface area contributed by atoms with Gasteiger partial charge in [0.15, 0.2) is 11.6 Å². The van der Waals surface area contributed by atoms with E-state index in [0.29, 0.717) is 12.4 Å². The number of anilines is 2. The number of nitrogens with zero attached hydrogens (tertiary/aromatic N) is 2. The predicted octanol–water partition coefficient (Wildman–Crippen LogP) is 2.95. The summed E-state index contributed by atoms with van der Waals surface area (Å²) in [5.74, 6) is -1.84. The van der Waals surface area contributed by atoms with E-state index in [-0.39, 0.29) is 17.6 Å². The molecule has 5 nitrogen and oxygen atoms in total. The Labute approximate surface area is 114 Å². The molecule has 0 bridgehead atoms. The van der Waals surface area contributed by atoms with Gasteiger partial charge in [0.05, 0.1) is 0 Å². The van der Waals surface area contributed by atoms with Crippen molar-refractivity contribution in [2.75, 3.05) is 17.6 Å². The number of halogens is 2. The average Bonchev–Trinajstić information content (AvgIpc) is 2.41. The number of rotatable bonds is 5. The van der Waals surface area contributed by atoms with Gasteiger partial charge in [0.2, 0.25) is 17.6 Å². The molecule has 1 aromatic carbocycles. The normalized spacial score (nSPS) is 10.3. The van der Waals surface area contributed by atoms with Crippen LogP contribution in [-0.2, 0) is 0 Å².